The van der Waals surface area contributed by atoms with Gasteiger partial charge in [-0.1, -0.05) is 18.0 Å². The van der Waals surface area contributed by atoms with Crippen molar-refractivity contribution >= 4 is 29.1 Å². The lowest BCUT2D eigenvalue weighted by atomic mass is 10.1. The fourth-order valence-electron chi connectivity index (χ4n) is 1.62. The minimum absolute atomic E-state index is 0.102. The van der Waals surface area contributed by atoms with Crippen molar-refractivity contribution in [1.82, 2.24) is 0 Å². The summed E-state index contributed by atoms with van der Waals surface area (Å²) < 4.78 is 0. The number of carbonyl (C=O) groups is 2. The molecule has 0 radical (unpaired) electrons. The van der Waals surface area contributed by atoms with Crippen LogP contribution in [0.5, 0.6) is 0 Å². The highest BCUT2D eigenvalue weighted by Gasteiger charge is 2.09. The average Bonchev–Trinajstić information content (AvgIpc) is 2.36. The first-order chi connectivity index (χ1) is 9.04. The summed E-state index contributed by atoms with van der Waals surface area (Å²) in [5.41, 5.74) is 11.3. The number of unbranched alkanes of at least 4 members (excludes halogenated alkanes) is 2. The molecule has 0 spiro atoms. The number of rotatable bonds is 7. The number of halogens is 1. The molecule has 0 aliphatic heterocycles. The molecule has 5 N–H and O–H groups in total. The zero-order valence-electron chi connectivity index (χ0n) is 10.6. The second-order valence-electron chi connectivity index (χ2n) is 4.21. The van der Waals surface area contributed by atoms with Crippen LogP contribution in [0.3, 0.4) is 0 Å². The Morgan fingerprint density at radius 2 is 1.95 bits per heavy atom. The van der Waals surface area contributed by atoms with Gasteiger partial charge in [-0.3, -0.25) is 9.59 Å². The van der Waals surface area contributed by atoms with Crippen LogP contribution in [0, 0.1) is 0 Å². The predicted molar refractivity (Wildman–Crippen MR) is 76.1 cm³/mol. The predicted octanol–water partition coefficient (Wildman–Crippen LogP) is 1.90. The van der Waals surface area contributed by atoms with Gasteiger partial charge in [0.05, 0.1) is 10.6 Å². The third kappa shape index (κ3) is 5.28. The molecule has 0 atom stereocenters. The standard InChI is InChI=1S/C13H18ClN3O2/c14-11-6-5-9(8-10(11)13(16)19)17-12(18)4-2-1-3-7-15/h5-6,8H,1-4,7,15H2,(H2,16,19)(H,17,18). The quantitative estimate of drug-likeness (QED) is 0.667. The van der Waals surface area contributed by atoms with Gasteiger partial charge in [0.1, 0.15) is 0 Å². The van der Waals surface area contributed by atoms with Crippen LogP contribution in [0.4, 0.5) is 5.69 Å². The minimum atomic E-state index is -0.621. The maximum atomic E-state index is 11.7. The van der Waals surface area contributed by atoms with Gasteiger partial charge >= 0.3 is 0 Å². The molecule has 0 aliphatic carbocycles. The van der Waals surface area contributed by atoms with Crippen molar-refractivity contribution < 1.29 is 9.59 Å². The fourth-order valence-corrected chi connectivity index (χ4v) is 1.83. The van der Waals surface area contributed by atoms with Crippen LogP contribution in [0.2, 0.25) is 5.02 Å². The highest BCUT2D eigenvalue weighted by Crippen LogP contribution is 2.20. The summed E-state index contributed by atoms with van der Waals surface area (Å²) in [5.74, 6) is -0.723. The number of hydrogen-bond donors (Lipinski definition) is 3. The molecule has 0 saturated heterocycles. The first kappa shape index (κ1) is 15.5. The van der Waals surface area contributed by atoms with Gasteiger partial charge in [0.25, 0.3) is 0 Å². The largest absolute Gasteiger partial charge is 0.366 e. The van der Waals surface area contributed by atoms with E-state index < -0.39 is 5.91 Å². The molecule has 0 fully saturated rings. The topological polar surface area (TPSA) is 98.2 Å². The molecular weight excluding hydrogens is 266 g/mol. The zero-order chi connectivity index (χ0) is 14.3. The third-order valence-electron chi connectivity index (χ3n) is 2.62. The summed E-state index contributed by atoms with van der Waals surface area (Å²) in [6, 6.07) is 4.64. The Labute approximate surface area is 117 Å². The molecular formula is C13H18ClN3O2. The van der Waals surface area contributed by atoms with Crippen molar-refractivity contribution in [3.63, 3.8) is 0 Å². The Kier molecular flexibility index (Phi) is 6.32. The number of hydrogen-bond acceptors (Lipinski definition) is 3. The van der Waals surface area contributed by atoms with Gasteiger partial charge in [-0.25, -0.2) is 0 Å². The maximum Gasteiger partial charge on any atom is 0.250 e. The molecule has 1 aromatic carbocycles. The van der Waals surface area contributed by atoms with Crippen LogP contribution in [0.15, 0.2) is 18.2 Å². The minimum Gasteiger partial charge on any atom is -0.366 e. The summed E-state index contributed by atoms with van der Waals surface area (Å²) in [6.07, 6.45) is 3.06. The number of amides is 2. The van der Waals surface area contributed by atoms with E-state index in [1.807, 2.05) is 0 Å². The van der Waals surface area contributed by atoms with E-state index in [2.05, 4.69) is 5.32 Å². The normalized spacial score (nSPS) is 10.2. The second kappa shape index (κ2) is 7.76. The van der Waals surface area contributed by atoms with Gasteiger partial charge in [0.2, 0.25) is 11.8 Å². The van der Waals surface area contributed by atoms with Crippen LogP contribution < -0.4 is 16.8 Å². The van der Waals surface area contributed by atoms with E-state index in [0.717, 1.165) is 19.3 Å². The van der Waals surface area contributed by atoms with Crippen molar-refractivity contribution in [2.24, 2.45) is 11.5 Å². The lowest BCUT2D eigenvalue weighted by molar-refractivity contribution is -0.116. The molecule has 6 heteroatoms. The smallest absolute Gasteiger partial charge is 0.250 e. The summed E-state index contributed by atoms with van der Waals surface area (Å²) in [5, 5.41) is 2.98. The molecule has 5 nitrogen and oxygen atoms in total. The number of nitrogens with two attached hydrogens (primary N) is 2. The first-order valence-electron chi connectivity index (χ1n) is 6.14. The van der Waals surface area contributed by atoms with Gasteiger partial charge in [-0.05, 0) is 37.6 Å². The monoisotopic (exact) mass is 283 g/mol. The zero-order valence-corrected chi connectivity index (χ0v) is 11.4. The number of anilines is 1. The molecule has 0 aliphatic rings. The van der Waals surface area contributed by atoms with Crippen LogP contribution >= 0.6 is 11.6 Å². The summed E-state index contributed by atoms with van der Waals surface area (Å²) >= 11 is 5.82. The molecule has 104 valence electrons. The Balaban J connectivity index is 2.55. The first-order valence-corrected chi connectivity index (χ1v) is 6.51. The Bertz CT molecular complexity index is 463. The van der Waals surface area contributed by atoms with Crippen LogP contribution in [-0.4, -0.2) is 18.4 Å². The van der Waals surface area contributed by atoms with Gasteiger partial charge in [-0.15, -0.1) is 0 Å². The van der Waals surface area contributed by atoms with Crippen molar-refractivity contribution in [2.45, 2.75) is 25.7 Å². The molecule has 0 saturated carbocycles. The van der Waals surface area contributed by atoms with E-state index in [1.54, 1.807) is 6.07 Å². The van der Waals surface area contributed by atoms with Crippen molar-refractivity contribution in [3.05, 3.63) is 28.8 Å². The summed E-state index contributed by atoms with van der Waals surface area (Å²) in [4.78, 5) is 22.8. The molecule has 2 amide bonds. The van der Waals surface area contributed by atoms with E-state index >= 15 is 0 Å². The Morgan fingerprint density at radius 1 is 1.21 bits per heavy atom. The Morgan fingerprint density at radius 3 is 2.58 bits per heavy atom. The van der Waals surface area contributed by atoms with Gasteiger partial charge in [0, 0.05) is 12.1 Å². The number of benzene rings is 1. The van der Waals surface area contributed by atoms with E-state index in [-0.39, 0.29) is 16.5 Å². The molecule has 1 aromatic rings. The highest BCUT2D eigenvalue weighted by atomic mass is 35.5. The number of carbonyl (C=O) groups excluding carboxylic acids is 2. The van der Waals surface area contributed by atoms with Gasteiger partial charge in [-0.2, -0.15) is 0 Å². The highest BCUT2D eigenvalue weighted by molar-refractivity contribution is 6.33. The molecule has 0 heterocycles. The van der Waals surface area contributed by atoms with E-state index in [1.165, 1.54) is 12.1 Å². The second-order valence-corrected chi connectivity index (χ2v) is 4.61. The van der Waals surface area contributed by atoms with Crippen molar-refractivity contribution in [1.29, 1.82) is 0 Å². The molecule has 0 unspecified atom stereocenters. The summed E-state index contributed by atoms with van der Waals surface area (Å²) in [7, 11) is 0. The van der Waals surface area contributed by atoms with Crippen LogP contribution in [-0.2, 0) is 4.79 Å². The Hall–Kier alpha value is -1.59. The van der Waals surface area contributed by atoms with Crippen molar-refractivity contribution in [2.75, 3.05) is 11.9 Å². The fraction of sp³-hybridized carbons (Fsp3) is 0.385. The van der Waals surface area contributed by atoms with Crippen LogP contribution in [0.1, 0.15) is 36.0 Å². The maximum absolute atomic E-state index is 11.7. The van der Waals surface area contributed by atoms with Gasteiger partial charge < -0.3 is 16.8 Å². The average molecular weight is 284 g/mol. The SMILES string of the molecule is NCCCCCC(=O)Nc1ccc(Cl)c(C(N)=O)c1. The number of nitrogens with one attached hydrogen (secondary N) is 1. The molecule has 0 bridgehead atoms. The van der Waals surface area contributed by atoms with Gasteiger partial charge in [0.15, 0.2) is 0 Å². The lowest BCUT2D eigenvalue weighted by Crippen LogP contribution is -2.14. The van der Waals surface area contributed by atoms with Crippen molar-refractivity contribution in [3.8, 4) is 0 Å². The van der Waals surface area contributed by atoms with E-state index in [4.69, 9.17) is 23.1 Å². The molecule has 19 heavy (non-hydrogen) atoms. The summed E-state index contributed by atoms with van der Waals surface area (Å²) in [6.45, 7) is 0.640. The number of primary amides is 1. The lowest BCUT2D eigenvalue weighted by Gasteiger charge is -2.07. The molecule has 1 rings (SSSR count). The molecule has 0 aromatic heterocycles. The van der Waals surface area contributed by atoms with E-state index in [0.29, 0.717) is 18.7 Å². The third-order valence-corrected chi connectivity index (χ3v) is 2.95. The van der Waals surface area contributed by atoms with E-state index in [9.17, 15) is 9.59 Å². The van der Waals surface area contributed by atoms with Crippen LogP contribution in [0.25, 0.3) is 0 Å².